The van der Waals surface area contributed by atoms with Gasteiger partial charge in [-0.1, -0.05) is 19.4 Å². The Morgan fingerprint density at radius 2 is 1.81 bits per heavy atom. The van der Waals surface area contributed by atoms with Gasteiger partial charge in [-0.15, -0.1) is 0 Å². The van der Waals surface area contributed by atoms with Crippen LogP contribution in [0.25, 0.3) is 6.08 Å². The van der Waals surface area contributed by atoms with Crippen LogP contribution in [-0.4, -0.2) is 82.7 Å². The molecular weight excluding hydrogens is 494 g/mol. The van der Waals surface area contributed by atoms with Gasteiger partial charge in [-0.05, 0) is 67.2 Å². The second-order valence-electron chi connectivity index (χ2n) is 10.0. The van der Waals surface area contributed by atoms with Crippen LogP contribution in [0.15, 0.2) is 23.8 Å². The normalized spacial score (nSPS) is 24.3. The van der Waals surface area contributed by atoms with Crippen LogP contribution in [-0.2, 0) is 25.6 Å². The first kappa shape index (κ1) is 25.1. The molecule has 10 nitrogen and oxygen atoms in total. The predicted molar refractivity (Wildman–Crippen MR) is 139 cm³/mol. The van der Waals surface area contributed by atoms with E-state index in [0.29, 0.717) is 25.1 Å². The van der Waals surface area contributed by atoms with Crippen molar-refractivity contribution in [1.29, 1.82) is 0 Å². The van der Waals surface area contributed by atoms with Gasteiger partial charge in [0.05, 0.1) is 6.04 Å². The number of carbonyl (C=O) groups excluding carboxylic acids is 5. The van der Waals surface area contributed by atoms with Crippen LogP contribution in [0.1, 0.15) is 43.7 Å². The molecule has 0 bridgehead atoms. The van der Waals surface area contributed by atoms with E-state index in [9.17, 15) is 24.0 Å². The first-order valence-corrected chi connectivity index (χ1v) is 12.9. The number of fused-ring (bicyclic) bond motifs is 4. The van der Waals surface area contributed by atoms with Crippen molar-refractivity contribution in [2.45, 2.75) is 45.1 Å². The van der Waals surface area contributed by atoms with Gasteiger partial charge in [-0.3, -0.25) is 39.2 Å². The molecule has 3 fully saturated rings. The predicted octanol–water partition coefficient (Wildman–Crippen LogP) is 1.68. The van der Waals surface area contributed by atoms with Gasteiger partial charge in [0.2, 0.25) is 11.8 Å². The molecule has 0 radical (unpaired) electrons. The average molecular weight is 524 g/mol. The molecule has 1 atom stereocenters. The monoisotopic (exact) mass is 523 g/mol. The second kappa shape index (κ2) is 9.05. The zero-order valence-corrected chi connectivity index (χ0v) is 21.9. The molecule has 37 heavy (non-hydrogen) atoms. The molecule has 0 saturated carbocycles. The van der Waals surface area contributed by atoms with Crippen molar-refractivity contribution in [3.8, 4) is 0 Å². The Bertz CT molecular complexity index is 1270. The number of barbiturate groups is 1. The highest BCUT2D eigenvalue weighted by atomic mass is 32.1. The molecule has 1 aromatic carbocycles. The van der Waals surface area contributed by atoms with Crippen LogP contribution >= 0.6 is 12.2 Å². The van der Waals surface area contributed by atoms with E-state index in [1.807, 2.05) is 25.1 Å². The Morgan fingerprint density at radius 3 is 2.49 bits per heavy atom. The lowest BCUT2D eigenvalue weighted by Gasteiger charge is -2.50. The molecule has 4 aliphatic rings. The molecule has 3 saturated heterocycles. The number of hydrogen-bond acceptors (Lipinski definition) is 7. The first-order valence-electron chi connectivity index (χ1n) is 12.5. The Hall–Kier alpha value is -3.60. The Balaban J connectivity index is 1.55. The molecule has 0 unspecified atom stereocenters. The number of carbonyl (C=O) groups is 5. The molecule has 194 valence electrons. The number of hydrogen-bond donors (Lipinski definition) is 1. The molecule has 11 heteroatoms. The fraction of sp³-hybridized carbons (Fsp3) is 0.462. The molecule has 4 aliphatic heterocycles. The average Bonchev–Trinajstić information content (AvgIpc) is 3.38. The summed E-state index contributed by atoms with van der Waals surface area (Å²) in [4.78, 5) is 70.9. The summed E-state index contributed by atoms with van der Waals surface area (Å²) in [7, 11) is 2.82. The van der Waals surface area contributed by atoms with Crippen molar-refractivity contribution in [1.82, 2.24) is 20.0 Å². The van der Waals surface area contributed by atoms with E-state index < -0.39 is 35.1 Å². The van der Waals surface area contributed by atoms with Crippen LogP contribution < -0.4 is 10.2 Å². The van der Waals surface area contributed by atoms with Gasteiger partial charge >= 0.3 is 6.03 Å². The zero-order chi connectivity index (χ0) is 26.6. The van der Waals surface area contributed by atoms with Gasteiger partial charge < -0.3 is 4.90 Å². The van der Waals surface area contributed by atoms with Crippen LogP contribution in [0.4, 0.5) is 10.5 Å². The number of anilines is 1. The molecule has 0 aliphatic carbocycles. The van der Waals surface area contributed by atoms with E-state index >= 15 is 0 Å². The lowest BCUT2D eigenvalue weighted by Crippen LogP contribution is -2.70. The van der Waals surface area contributed by atoms with Crippen LogP contribution in [0.5, 0.6) is 0 Å². The zero-order valence-electron chi connectivity index (χ0n) is 21.1. The van der Waals surface area contributed by atoms with Gasteiger partial charge in [0, 0.05) is 32.9 Å². The van der Waals surface area contributed by atoms with Gasteiger partial charge in [0.15, 0.2) is 10.5 Å². The third kappa shape index (κ3) is 3.66. The SMILES string of the molecule is CCCCN1C(=O)/C(=C/c2ccc3c(c2)CC2(C(=O)N(C)C(=O)N(C)C2=O)[C@H]2CCCN32)C(=O)NC1=S. The highest BCUT2D eigenvalue weighted by Crippen LogP contribution is 2.49. The largest absolute Gasteiger partial charge is 0.367 e. The summed E-state index contributed by atoms with van der Waals surface area (Å²) in [6.45, 7) is 3.11. The number of thiocarbonyl (C=S) groups is 1. The number of nitrogens with zero attached hydrogens (tertiary/aromatic N) is 4. The molecule has 0 aromatic heterocycles. The van der Waals surface area contributed by atoms with Crippen molar-refractivity contribution in [2.24, 2.45) is 5.41 Å². The minimum Gasteiger partial charge on any atom is -0.367 e. The molecule has 5 rings (SSSR count). The van der Waals surface area contributed by atoms with Crippen molar-refractivity contribution in [2.75, 3.05) is 32.1 Å². The summed E-state index contributed by atoms with van der Waals surface area (Å²) in [5.41, 5.74) is 0.843. The van der Waals surface area contributed by atoms with E-state index in [4.69, 9.17) is 12.2 Å². The third-order valence-electron chi connectivity index (χ3n) is 7.88. The van der Waals surface area contributed by atoms with E-state index in [-0.39, 0.29) is 23.1 Å². The maximum atomic E-state index is 13.6. The summed E-state index contributed by atoms with van der Waals surface area (Å²) in [6.07, 6.45) is 4.76. The standard InChI is InChI=1S/C26H29N5O5S/c1-4-5-10-31-21(33)17(20(32)27-24(31)37)13-15-8-9-18-16(12-15)14-26(19-7-6-11-30(18)19)22(34)28(2)25(36)29(3)23(26)35/h8-9,12-13,19H,4-7,10-11,14H2,1-3H3,(H,27,32,37)/b17-13+/t19-/m1/s1. The van der Waals surface area contributed by atoms with Gasteiger partial charge in [-0.25, -0.2) is 4.79 Å². The molecule has 4 heterocycles. The van der Waals surface area contributed by atoms with Crippen molar-refractivity contribution in [3.05, 3.63) is 34.9 Å². The van der Waals surface area contributed by atoms with Crippen molar-refractivity contribution < 1.29 is 24.0 Å². The molecule has 1 N–H and O–H groups in total. The van der Waals surface area contributed by atoms with Crippen molar-refractivity contribution in [3.63, 3.8) is 0 Å². The fourth-order valence-electron chi connectivity index (χ4n) is 6.01. The second-order valence-corrected chi connectivity index (χ2v) is 10.4. The number of amides is 6. The number of imide groups is 2. The quantitative estimate of drug-likeness (QED) is 0.277. The van der Waals surface area contributed by atoms with Crippen molar-refractivity contribution >= 4 is 58.8 Å². The molecule has 6 amide bonds. The smallest absolute Gasteiger partial charge is 0.332 e. The lowest BCUT2D eigenvalue weighted by molar-refractivity contribution is -0.159. The van der Waals surface area contributed by atoms with Crippen LogP contribution in [0, 0.1) is 5.41 Å². The van der Waals surface area contributed by atoms with Gasteiger partial charge in [-0.2, -0.15) is 0 Å². The van der Waals surface area contributed by atoms with Crippen LogP contribution in [0.3, 0.4) is 0 Å². The van der Waals surface area contributed by atoms with E-state index in [1.54, 1.807) is 0 Å². The van der Waals surface area contributed by atoms with Gasteiger partial charge in [0.1, 0.15) is 5.57 Å². The van der Waals surface area contributed by atoms with Crippen LogP contribution in [0.2, 0.25) is 0 Å². The molecular formula is C26H29N5O5S. The summed E-state index contributed by atoms with van der Waals surface area (Å²) < 4.78 is 0. The highest BCUT2D eigenvalue weighted by molar-refractivity contribution is 7.80. The summed E-state index contributed by atoms with van der Waals surface area (Å²) >= 11 is 5.20. The fourth-order valence-corrected chi connectivity index (χ4v) is 6.27. The summed E-state index contributed by atoms with van der Waals surface area (Å²) in [5, 5.41) is 2.69. The lowest BCUT2D eigenvalue weighted by atomic mass is 9.68. The van der Waals surface area contributed by atoms with E-state index in [2.05, 4.69) is 10.2 Å². The highest BCUT2D eigenvalue weighted by Gasteiger charge is 2.63. The van der Waals surface area contributed by atoms with E-state index in [1.165, 1.54) is 25.1 Å². The van der Waals surface area contributed by atoms with E-state index in [0.717, 1.165) is 40.3 Å². The molecule has 1 spiro atoms. The van der Waals surface area contributed by atoms with Gasteiger partial charge in [0.25, 0.3) is 11.8 Å². The minimum absolute atomic E-state index is 0.0240. The Kier molecular flexibility index (Phi) is 6.13. The summed E-state index contributed by atoms with van der Waals surface area (Å²) in [5.74, 6) is -1.99. The number of urea groups is 1. The molecule has 1 aromatic rings. The number of rotatable bonds is 4. The summed E-state index contributed by atoms with van der Waals surface area (Å²) in [6, 6.07) is 4.57. The minimum atomic E-state index is -1.41. The first-order chi connectivity index (χ1) is 17.6. The Labute approximate surface area is 220 Å². The number of nitrogens with one attached hydrogen (secondary N) is 1. The number of benzene rings is 1. The Morgan fingerprint density at radius 1 is 1.11 bits per heavy atom. The maximum absolute atomic E-state index is 13.6. The number of unbranched alkanes of at least 4 members (excludes halogenated alkanes) is 1. The third-order valence-corrected chi connectivity index (χ3v) is 8.20. The maximum Gasteiger partial charge on any atom is 0.332 e. The topological polar surface area (TPSA) is 110 Å².